The van der Waals surface area contributed by atoms with Crippen molar-refractivity contribution in [2.75, 3.05) is 35.4 Å². The van der Waals surface area contributed by atoms with Gasteiger partial charge in [-0.25, -0.2) is 4.98 Å². The number of hydrogen-bond acceptors (Lipinski definition) is 26. The Hall–Kier alpha value is -7.69. The Bertz CT molecular complexity index is 4390. The highest BCUT2D eigenvalue weighted by Gasteiger charge is 2.22. The minimum atomic E-state index is -4.34. The molecule has 7 aromatic rings. The van der Waals surface area contributed by atoms with E-state index in [4.69, 9.17) is 33.7 Å². The second-order valence-corrected chi connectivity index (χ2v) is 26.0. The van der Waals surface area contributed by atoms with Gasteiger partial charge in [-0.05, 0) is 135 Å². The molecular formula is C51H50ClN11O17S6. The van der Waals surface area contributed by atoms with Gasteiger partial charge in [-0.2, -0.15) is 51.0 Å². The van der Waals surface area contributed by atoms with Crippen LogP contribution < -0.4 is 9.47 Å². The predicted octanol–water partition coefficient (Wildman–Crippen LogP) is 12.0. The van der Waals surface area contributed by atoms with Crippen molar-refractivity contribution in [3.05, 3.63) is 111 Å². The Balaban J connectivity index is 0.00000286. The number of aromatic nitrogens is 2. The van der Waals surface area contributed by atoms with E-state index in [1.54, 1.807) is 82.3 Å². The van der Waals surface area contributed by atoms with Crippen LogP contribution in [0.2, 0.25) is 5.02 Å². The largest absolute Gasteiger partial charge is 0.493 e. The smallest absolute Gasteiger partial charge is 0.425 e. The molecule has 0 amide bonds. The number of halogens is 1. The summed E-state index contributed by atoms with van der Waals surface area (Å²) in [4.78, 5) is 16.5. The SMILES string of the molecule is Cc1cc(N=Nc2cc(SCCCS(=O)(=O)O)c(N=Nc3cc(OCCCS(=O)(=O)O)c(N=Nc4c(C)c(C#N)c5nc6ccc(CO)cc6n5c4O)cc3C)cc2C)c(SCCCS(=O)(=O)O)cc1N=Nc1ccc(Cl)c(OC=O)c1.O=S(=O)=O. The van der Waals surface area contributed by atoms with Crippen molar-refractivity contribution in [3.8, 4) is 23.4 Å². The van der Waals surface area contributed by atoms with Crippen LogP contribution in [0.25, 0.3) is 16.7 Å². The van der Waals surface area contributed by atoms with Crippen molar-refractivity contribution in [1.82, 2.24) is 9.38 Å². The number of ether oxygens (including phenoxy) is 2. The molecule has 0 aliphatic heterocycles. The fourth-order valence-electron chi connectivity index (χ4n) is 7.70. The van der Waals surface area contributed by atoms with E-state index in [9.17, 15) is 59.2 Å². The van der Waals surface area contributed by atoms with E-state index in [1.165, 1.54) is 46.1 Å². The van der Waals surface area contributed by atoms with Crippen molar-refractivity contribution >= 4 is 145 Å². The molecule has 7 rings (SSSR count). The number of nitrogens with zero attached hydrogens (tertiary/aromatic N) is 11. The van der Waals surface area contributed by atoms with E-state index in [1.807, 2.05) is 0 Å². The second-order valence-electron chi connectivity index (χ2n) is 18.2. The molecule has 0 saturated carbocycles. The lowest BCUT2D eigenvalue weighted by atomic mass is 10.1. The maximum absolute atomic E-state index is 11.6. The molecule has 0 aliphatic carbocycles. The van der Waals surface area contributed by atoms with Gasteiger partial charge in [0.25, 0.3) is 36.8 Å². The number of rotatable bonds is 26. The first-order valence-corrected chi connectivity index (χ1v) is 32.9. The lowest BCUT2D eigenvalue weighted by molar-refractivity contribution is -0.120. The fraction of sp³-hybridized carbons (Fsp3) is 0.275. The van der Waals surface area contributed by atoms with Crippen molar-refractivity contribution in [3.63, 3.8) is 0 Å². The molecule has 0 aliphatic rings. The van der Waals surface area contributed by atoms with Crippen LogP contribution in [0.15, 0.2) is 124 Å². The van der Waals surface area contributed by atoms with E-state index in [0.29, 0.717) is 71.5 Å². The van der Waals surface area contributed by atoms with Gasteiger partial charge in [-0.1, -0.05) is 17.7 Å². The highest BCUT2D eigenvalue weighted by molar-refractivity contribution is 7.99. The number of pyridine rings is 1. The minimum absolute atomic E-state index is 0.0356. The third-order valence-corrected chi connectivity index (χ3v) is 16.8. The number of aryl methyl sites for hydroxylation is 3. The number of hydrogen-bond donors (Lipinski definition) is 5. The van der Waals surface area contributed by atoms with Gasteiger partial charge in [-0.3, -0.25) is 22.9 Å². The average Bonchev–Trinajstić information content (AvgIpc) is 1.71. The van der Waals surface area contributed by atoms with Gasteiger partial charge in [0.15, 0.2) is 17.1 Å². The summed E-state index contributed by atoms with van der Waals surface area (Å²) in [6.45, 7) is 6.46. The van der Waals surface area contributed by atoms with Crippen LogP contribution in [-0.2, 0) is 52.4 Å². The Kier molecular flexibility index (Phi) is 23.6. The molecule has 86 heavy (non-hydrogen) atoms. The number of thioether (sulfide) groups is 2. The van der Waals surface area contributed by atoms with E-state index in [2.05, 4.69) is 52.0 Å². The fourth-order valence-corrected chi connectivity index (χ4v) is 11.6. The minimum Gasteiger partial charge on any atom is -0.493 e. The van der Waals surface area contributed by atoms with Gasteiger partial charge in [-0.15, -0.1) is 56.6 Å². The Morgan fingerprint density at radius 3 is 1.69 bits per heavy atom. The number of fused-ring (bicyclic) bond motifs is 3. The van der Waals surface area contributed by atoms with Crippen molar-refractivity contribution in [1.29, 1.82) is 5.26 Å². The van der Waals surface area contributed by atoms with Crippen LogP contribution in [0, 0.1) is 39.0 Å². The van der Waals surface area contributed by atoms with Gasteiger partial charge in [0.1, 0.15) is 23.1 Å². The molecule has 0 saturated heterocycles. The Morgan fingerprint density at radius 2 is 1.16 bits per heavy atom. The molecule has 35 heteroatoms. The van der Waals surface area contributed by atoms with Crippen LogP contribution in [0.4, 0.5) is 45.5 Å². The number of aliphatic hydroxyl groups is 1. The number of azo groups is 4. The molecule has 0 fully saturated rings. The summed E-state index contributed by atoms with van der Waals surface area (Å²) in [7, 11) is -16.0. The molecule has 0 spiro atoms. The summed E-state index contributed by atoms with van der Waals surface area (Å²) in [5.74, 6) is -1.47. The average molecular weight is 1320 g/mol. The van der Waals surface area contributed by atoms with Gasteiger partial charge in [0.05, 0.1) is 80.7 Å². The zero-order chi connectivity index (χ0) is 63.1. The number of aromatic hydroxyl groups is 1. The summed E-state index contributed by atoms with van der Waals surface area (Å²) < 4.78 is 135. The van der Waals surface area contributed by atoms with E-state index >= 15 is 0 Å². The second kappa shape index (κ2) is 30.1. The van der Waals surface area contributed by atoms with Crippen LogP contribution in [0.3, 0.4) is 0 Å². The molecule has 28 nitrogen and oxygen atoms in total. The van der Waals surface area contributed by atoms with Crippen LogP contribution in [0.5, 0.6) is 17.4 Å². The molecule has 0 radical (unpaired) electrons. The van der Waals surface area contributed by atoms with Gasteiger partial charge in [0.2, 0.25) is 5.88 Å². The maximum Gasteiger partial charge on any atom is 0.425 e. The molecule has 5 aromatic carbocycles. The molecular weight excluding hydrogens is 1270 g/mol. The Morgan fingerprint density at radius 1 is 0.663 bits per heavy atom. The molecule has 454 valence electrons. The number of carbonyl (C=O) groups is 1. The highest BCUT2D eigenvalue weighted by atomic mass is 35.5. The maximum atomic E-state index is 11.6. The first-order valence-electron chi connectivity index (χ1n) is 24.8. The number of benzene rings is 5. The summed E-state index contributed by atoms with van der Waals surface area (Å²) >= 11 is 8.54. The normalized spacial score (nSPS) is 12.2. The van der Waals surface area contributed by atoms with Crippen LogP contribution in [0.1, 0.15) is 52.6 Å². The van der Waals surface area contributed by atoms with Crippen molar-refractivity contribution in [2.45, 2.75) is 63.4 Å². The van der Waals surface area contributed by atoms with E-state index in [-0.39, 0.29) is 101 Å². The number of nitriles is 1. The number of imidazole rings is 1. The predicted molar refractivity (Wildman–Crippen MR) is 318 cm³/mol. The lowest BCUT2D eigenvalue weighted by Gasteiger charge is -2.12. The summed E-state index contributed by atoms with van der Waals surface area (Å²) in [5.41, 5.74) is 5.54. The zero-order valence-corrected chi connectivity index (χ0v) is 51.1. The molecule has 0 unspecified atom stereocenters. The molecule has 2 heterocycles. The molecule has 5 N–H and O–H groups in total. The first kappa shape index (κ1) is 67.4. The summed E-state index contributed by atoms with van der Waals surface area (Å²) in [5, 5.41) is 67.6. The number of aliphatic hydroxyl groups excluding tert-OH is 1. The van der Waals surface area contributed by atoms with E-state index in [0.717, 1.165) is 0 Å². The molecule has 2 aromatic heterocycles. The summed E-state index contributed by atoms with van der Waals surface area (Å²) in [6, 6.07) is 21.2. The first-order chi connectivity index (χ1) is 40.6. The monoisotopic (exact) mass is 1320 g/mol. The van der Waals surface area contributed by atoms with Crippen LogP contribution in [-0.4, -0.2) is 113 Å². The van der Waals surface area contributed by atoms with Crippen LogP contribution >= 0.6 is 35.1 Å². The van der Waals surface area contributed by atoms with Crippen molar-refractivity contribution < 1.29 is 76.0 Å². The Labute approximate surface area is 506 Å². The van der Waals surface area contributed by atoms with Gasteiger partial charge in [0, 0.05) is 27.5 Å². The third kappa shape index (κ3) is 19.4. The van der Waals surface area contributed by atoms with Gasteiger partial charge >= 0.3 is 10.6 Å². The third-order valence-electron chi connectivity index (χ3n) is 11.8. The number of carbonyl (C=O) groups excluding carboxylic acids is 1. The lowest BCUT2D eigenvalue weighted by Crippen LogP contribution is -2.08. The molecule has 0 bridgehead atoms. The van der Waals surface area contributed by atoms with E-state index < -0.39 is 64.1 Å². The molecule has 0 atom stereocenters. The van der Waals surface area contributed by atoms with Crippen molar-refractivity contribution in [2.24, 2.45) is 40.9 Å². The topological polar surface area (TPSA) is 430 Å². The van der Waals surface area contributed by atoms with Gasteiger partial charge < -0.3 is 19.7 Å². The zero-order valence-electron chi connectivity index (χ0n) is 45.5. The standard InChI is InChI=1S/C51H50ClN11O14S5.O3S/c1-29-18-41(59-62-49-32(4)35(26-53)50-54-37-11-8-33(27-64)21-44(37)63(50)51(49)66)46(76-12-5-15-80(67,68)69)23-38(29)57-60-42-20-31(3)40(25-48(42)79-14-7-17-82(73,74)75)58-61-43-19-30(2)39(24-47(43)78-13-6-16-81(70,71)72)56-55-34-9-10-36(52)45(22-34)77-28-65;1-4(2)3/h8-11,18-25,28,64,66H,5-7,12-17,27H2,1-4H3,(H,67,68,69)(H,70,71,72)(H,73,74,75);. The summed E-state index contributed by atoms with van der Waals surface area (Å²) in [6.07, 6.45) is 0.0151. The highest BCUT2D eigenvalue weighted by Crippen LogP contribution is 2.44. The quantitative estimate of drug-likeness (QED) is 0.0110.